The summed E-state index contributed by atoms with van der Waals surface area (Å²) < 4.78 is 10.5. The average Bonchev–Trinajstić information content (AvgIpc) is 3.40. The highest BCUT2D eigenvalue weighted by molar-refractivity contribution is 6.08. The predicted octanol–water partition coefficient (Wildman–Crippen LogP) is 2.73. The number of carbonyl (C=O) groups is 3. The van der Waals surface area contributed by atoms with Crippen LogP contribution in [0.3, 0.4) is 0 Å². The summed E-state index contributed by atoms with van der Waals surface area (Å²) in [6.07, 6.45) is 1.75. The van der Waals surface area contributed by atoms with E-state index >= 15 is 0 Å². The number of anilines is 1. The van der Waals surface area contributed by atoms with E-state index in [1.165, 1.54) is 12.3 Å². The van der Waals surface area contributed by atoms with Crippen molar-refractivity contribution < 1.29 is 23.5 Å². The first-order chi connectivity index (χ1) is 16.1. The molecule has 1 unspecified atom stereocenters. The molecule has 8 nitrogen and oxygen atoms in total. The van der Waals surface area contributed by atoms with E-state index in [4.69, 9.17) is 9.15 Å². The number of rotatable bonds is 7. The van der Waals surface area contributed by atoms with E-state index in [9.17, 15) is 14.4 Å². The van der Waals surface area contributed by atoms with E-state index < -0.39 is 17.9 Å². The third-order valence-corrected chi connectivity index (χ3v) is 5.37. The third kappa shape index (κ3) is 5.67. The standard InChI is InChI=1S/C25H25N3O5/c29-23(19-9-4-5-10-20(19)26-24(30)22-11-6-14-33-22)27-21(17-18-7-2-1-3-8-18)25(31)28-12-15-32-16-13-28/h1-11,14,21H,12-13,15-17H2,(H,26,30)(H,27,29). The topological polar surface area (TPSA) is 101 Å². The number of amides is 3. The second-order valence-corrected chi connectivity index (χ2v) is 7.63. The molecule has 33 heavy (non-hydrogen) atoms. The number of nitrogens with zero attached hydrogens (tertiary/aromatic N) is 1. The number of furan rings is 1. The third-order valence-electron chi connectivity index (χ3n) is 5.37. The Morgan fingerprint density at radius 3 is 2.33 bits per heavy atom. The van der Waals surface area contributed by atoms with E-state index in [0.717, 1.165) is 5.56 Å². The summed E-state index contributed by atoms with van der Waals surface area (Å²) in [7, 11) is 0. The van der Waals surface area contributed by atoms with E-state index in [2.05, 4.69) is 10.6 Å². The lowest BCUT2D eigenvalue weighted by Gasteiger charge is -2.31. The van der Waals surface area contributed by atoms with Gasteiger partial charge in [0.2, 0.25) is 5.91 Å². The van der Waals surface area contributed by atoms with Crippen LogP contribution in [0.1, 0.15) is 26.5 Å². The van der Waals surface area contributed by atoms with Crippen molar-refractivity contribution in [2.24, 2.45) is 0 Å². The van der Waals surface area contributed by atoms with Gasteiger partial charge in [-0.15, -0.1) is 0 Å². The van der Waals surface area contributed by atoms with Gasteiger partial charge in [0.05, 0.1) is 30.7 Å². The zero-order valence-corrected chi connectivity index (χ0v) is 18.0. The van der Waals surface area contributed by atoms with Gasteiger partial charge in [0.25, 0.3) is 11.8 Å². The van der Waals surface area contributed by atoms with Crippen molar-refractivity contribution in [2.75, 3.05) is 31.6 Å². The van der Waals surface area contributed by atoms with Crippen LogP contribution < -0.4 is 10.6 Å². The number of hydrogen-bond donors (Lipinski definition) is 2. The summed E-state index contributed by atoms with van der Waals surface area (Å²) in [5.74, 6) is -0.944. The SMILES string of the molecule is O=C(Nc1ccccc1C(=O)NC(Cc1ccccc1)C(=O)N1CCOCC1)c1ccco1. The van der Waals surface area contributed by atoms with Crippen molar-refractivity contribution in [3.05, 3.63) is 89.9 Å². The minimum atomic E-state index is -0.758. The summed E-state index contributed by atoms with van der Waals surface area (Å²) in [6.45, 7) is 1.91. The summed E-state index contributed by atoms with van der Waals surface area (Å²) >= 11 is 0. The highest BCUT2D eigenvalue weighted by atomic mass is 16.5. The maximum atomic E-state index is 13.3. The minimum absolute atomic E-state index is 0.134. The van der Waals surface area contributed by atoms with Crippen molar-refractivity contribution in [3.63, 3.8) is 0 Å². The largest absolute Gasteiger partial charge is 0.459 e. The number of carbonyl (C=O) groups excluding carboxylic acids is 3. The fourth-order valence-electron chi connectivity index (χ4n) is 3.67. The Hall–Kier alpha value is -3.91. The van der Waals surface area contributed by atoms with Gasteiger partial charge < -0.3 is 24.7 Å². The predicted molar refractivity (Wildman–Crippen MR) is 122 cm³/mol. The van der Waals surface area contributed by atoms with Crippen LogP contribution in [0.15, 0.2) is 77.4 Å². The number of nitrogens with one attached hydrogen (secondary N) is 2. The average molecular weight is 447 g/mol. The fraction of sp³-hybridized carbons (Fsp3) is 0.240. The van der Waals surface area contributed by atoms with Gasteiger partial charge in [-0.25, -0.2) is 0 Å². The summed E-state index contributed by atoms with van der Waals surface area (Å²) in [4.78, 5) is 40.6. The first kappa shape index (κ1) is 22.3. The molecule has 0 saturated carbocycles. The van der Waals surface area contributed by atoms with E-state index in [0.29, 0.717) is 38.4 Å². The molecule has 0 radical (unpaired) electrons. The van der Waals surface area contributed by atoms with Gasteiger partial charge in [-0.1, -0.05) is 42.5 Å². The molecule has 1 atom stereocenters. The molecule has 2 N–H and O–H groups in total. The molecule has 0 spiro atoms. The van der Waals surface area contributed by atoms with Gasteiger partial charge in [0.1, 0.15) is 6.04 Å². The van der Waals surface area contributed by atoms with Crippen LogP contribution >= 0.6 is 0 Å². The Kier molecular flexibility index (Phi) is 7.16. The number of benzene rings is 2. The zero-order valence-electron chi connectivity index (χ0n) is 18.0. The molecule has 4 rings (SSSR count). The van der Waals surface area contributed by atoms with Crippen LogP contribution in [0.25, 0.3) is 0 Å². The Morgan fingerprint density at radius 2 is 1.61 bits per heavy atom. The molecule has 1 fully saturated rings. The highest BCUT2D eigenvalue weighted by Gasteiger charge is 2.28. The molecular weight excluding hydrogens is 422 g/mol. The number of hydrogen-bond acceptors (Lipinski definition) is 5. The van der Waals surface area contributed by atoms with Crippen LogP contribution in [0.2, 0.25) is 0 Å². The lowest BCUT2D eigenvalue weighted by atomic mass is 10.0. The maximum absolute atomic E-state index is 13.3. The maximum Gasteiger partial charge on any atom is 0.291 e. The number of para-hydroxylation sites is 1. The Morgan fingerprint density at radius 1 is 0.879 bits per heavy atom. The first-order valence-corrected chi connectivity index (χ1v) is 10.8. The first-order valence-electron chi connectivity index (χ1n) is 10.8. The molecule has 1 aromatic heterocycles. The quantitative estimate of drug-likeness (QED) is 0.580. The smallest absolute Gasteiger partial charge is 0.291 e. The van der Waals surface area contributed by atoms with Crippen LogP contribution in [-0.2, 0) is 16.0 Å². The minimum Gasteiger partial charge on any atom is -0.459 e. The van der Waals surface area contributed by atoms with Gasteiger partial charge in [0, 0.05) is 19.5 Å². The second kappa shape index (κ2) is 10.6. The van der Waals surface area contributed by atoms with Crippen molar-refractivity contribution in [3.8, 4) is 0 Å². The molecule has 1 aliphatic heterocycles. The van der Waals surface area contributed by atoms with Gasteiger partial charge in [-0.3, -0.25) is 14.4 Å². The van der Waals surface area contributed by atoms with Crippen molar-refractivity contribution in [1.29, 1.82) is 0 Å². The monoisotopic (exact) mass is 447 g/mol. The zero-order chi connectivity index (χ0) is 23.0. The van der Waals surface area contributed by atoms with Gasteiger partial charge >= 0.3 is 0 Å². The van der Waals surface area contributed by atoms with Crippen molar-refractivity contribution in [2.45, 2.75) is 12.5 Å². The van der Waals surface area contributed by atoms with Gasteiger partial charge in [-0.2, -0.15) is 0 Å². The second-order valence-electron chi connectivity index (χ2n) is 7.63. The molecule has 1 aliphatic rings. The Balaban J connectivity index is 1.54. The van der Waals surface area contributed by atoms with Crippen LogP contribution in [0, 0.1) is 0 Å². The Bertz CT molecular complexity index is 1090. The van der Waals surface area contributed by atoms with E-state index in [-0.39, 0.29) is 17.2 Å². The van der Waals surface area contributed by atoms with Crippen molar-refractivity contribution >= 4 is 23.4 Å². The number of ether oxygens (including phenoxy) is 1. The van der Waals surface area contributed by atoms with Crippen molar-refractivity contribution in [1.82, 2.24) is 10.2 Å². The molecule has 170 valence electrons. The van der Waals surface area contributed by atoms with Gasteiger partial charge in [-0.05, 0) is 29.8 Å². The fourth-order valence-corrected chi connectivity index (χ4v) is 3.67. The highest BCUT2D eigenvalue weighted by Crippen LogP contribution is 2.18. The molecule has 2 heterocycles. The normalized spacial score (nSPS) is 14.4. The molecule has 0 aliphatic carbocycles. The number of morpholine rings is 1. The molecule has 8 heteroatoms. The Labute approximate surface area is 191 Å². The van der Waals surface area contributed by atoms with Crippen LogP contribution in [0.5, 0.6) is 0 Å². The lowest BCUT2D eigenvalue weighted by Crippen LogP contribution is -2.52. The molecule has 1 saturated heterocycles. The molecule has 0 bridgehead atoms. The summed E-state index contributed by atoms with van der Waals surface area (Å²) in [5, 5.41) is 5.59. The van der Waals surface area contributed by atoms with Crippen LogP contribution in [0.4, 0.5) is 5.69 Å². The summed E-state index contributed by atoms with van der Waals surface area (Å²) in [6, 6.07) is 18.6. The lowest BCUT2D eigenvalue weighted by molar-refractivity contribution is -0.137. The molecular formula is C25H25N3O5. The molecule has 2 aromatic carbocycles. The van der Waals surface area contributed by atoms with Crippen LogP contribution in [-0.4, -0.2) is 55.0 Å². The van der Waals surface area contributed by atoms with Gasteiger partial charge in [0.15, 0.2) is 5.76 Å². The van der Waals surface area contributed by atoms with E-state index in [1.807, 2.05) is 30.3 Å². The summed E-state index contributed by atoms with van der Waals surface area (Å²) in [5.41, 5.74) is 1.52. The molecule has 3 amide bonds. The van der Waals surface area contributed by atoms with E-state index in [1.54, 1.807) is 35.2 Å². The molecule has 3 aromatic rings.